The molecule has 0 aromatic rings. The van der Waals surface area contributed by atoms with Crippen LogP contribution in [0, 0.1) is 0 Å². The first-order valence-corrected chi connectivity index (χ1v) is 5.71. The van der Waals surface area contributed by atoms with E-state index in [2.05, 4.69) is 10.3 Å². The molecule has 0 aromatic heterocycles. The van der Waals surface area contributed by atoms with Gasteiger partial charge in [-0.2, -0.15) is 0 Å². The summed E-state index contributed by atoms with van der Waals surface area (Å²) in [5.41, 5.74) is 1.14. The fourth-order valence-electron chi connectivity index (χ4n) is 1.89. The summed E-state index contributed by atoms with van der Waals surface area (Å²) in [5.74, 6) is 2.36. The number of hydrogen-bond acceptors (Lipinski definition) is 3. The van der Waals surface area contributed by atoms with E-state index in [-0.39, 0.29) is 6.04 Å². The van der Waals surface area contributed by atoms with E-state index in [1.54, 1.807) is 7.11 Å². The molecule has 1 aliphatic carbocycles. The van der Waals surface area contributed by atoms with Crippen LogP contribution >= 0.6 is 11.6 Å². The van der Waals surface area contributed by atoms with E-state index in [4.69, 9.17) is 16.3 Å². The molecule has 0 aromatic carbocycles. The smallest absolute Gasteiger partial charge is 0.116 e. The van der Waals surface area contributed by atoms with Crippen LogP contribution in [0.5, 0.6) is 0 Å². The highest BCUT2D eigenvalue weighted by Crippen LogP contribution is 2.22. The number of allylic oxidation sites excluding steroid dienone is 3. The molecule has 82 valence electrons. The monoisotopic (exact) mass is 226 g/mol. The van der Waals surface area contributed by atoms with Gasteiger partial charge in [0.15, 0.2) is 0 Å². The highest BCUT2D eigenvalue weighted by atomic mass is 35.5. The summed E-state index contributed by atoms with van der Waals surface area (Å²) in [5, 5.41) is 3.23. The zero-order valence-corrected chi connectivity index (χ0v) is 9.55. The summed E-state index contributed by atoms with van der Waals surface area (Å²) in [6, 6.07) is 0.272. The first-order chi connectivity index (χ1) is 7.33. The molecule has 0 amide bonds. The lowest BCUT2D eigenvalue weighted by Crippen LogP contribution is -2.20. The lowest BCUT2D eigenvalue weighted by molar-refractivity contribution is 0.273. The third-order valence-electron chi connectivity index (χ3n) is 2.70. The molecule has 3 nitrogen and oxygen atoms in total. The van der Waals surface area contributed by atoms with Gasteiger partial charge in [0.25, 0.3) is 0 Å². The third kappa shape index (κ3) is 2.34. The van der Waals surface area contributed by atoms with Gasteiger partial charge in [-0.25, -0.2) is 0 Å². The SMILES string of the molecule is CO/C1=C/C=C2/NC(CCl)=NC2CCC1. The zero-order valence-electron chi connectivity index (χ0n) is 8.79. The van der Waals surface area contributed by atoms with E-state index in [1.807, 2.05) is 12.2 Å². The molecule has 0 spiro atoms. The van der Waals surface area contributed by atoms with Crippen LogP contribution in [0.15, 0.2) is 28.6 Å². The molecular formula is C11H15ClN2O. The number of rotatable bonds is 2. The number of amidine groups is 1. The molecule has 2 aliphatic rings. The van der Waals surface area contributed by atoms with E-state index >= 15 is 0 Å². The Morgan fingerprint density at radius 2 is 2.47 bits per heavy atom. The van der Waals surface area contributed by atoms with Crippen LogP contribution in [0.4, 0.5) is 0 Å². The summed E-state index contributed by atoms with van der Waals surface area (Å²) in [4.78, 5) is 4.52. The first kappa shape index (κ1) is 10.6. The molecule has 1 atom stereocenters. The van der Waals surface area contributed by atoms with Crippen molar-refractivity contribution < 1.29 is 4.74 Å². The van der Waals surface area contributed by atoms with Crippen molar-refractivity contribution in [3.8, 4) is 0 Å². The number of fused-ring (bicyclic) bond motifs is 1. The van der Waals surface area contributed by atoms with Crippen molar-refractivity contribution in [2.45, 2.75) is 25.3 Å². The first-order valence-electron chi connectivity index (χ1n) is 5.18. The summed E-state index contributed by atoms with van der Waals surface area (Å²) >= 11 is 5.75. The number of halogens is 1. The Hall–Kier alpha value is -0.960. The minimum absolute atomic E-state index is 0.272. The Kier molecular flexibility index (Phi) is 3.31. The van der Waals surface area contributed by atoms with Crippen molar-refractivity contribution in [2.24, 2.45) is 4.99 Å². The topological polar surface area (TPSA) is 33.6 Å². The molecule has 0 bridgehead atoms. The van der Waals surface area contributed by atoms with Gasteiger partial charge in [0, 0.05) is 12.1 Å². The van der Waals surface area contributed by atoms with Crippen molar-refractivity contribution in [3.05, 3.63) is 23.6 Å². The number of alkyl halides is 1. The number of aliphatic imine (C=N–C) groups is 1. The molecule has 1 unspecified atom stereocenters. The minimum atomic E-state index is 0.272. The van der Waals surface area contributed by atoms with E-state index in [0.29, 0.717) is 5.88 Å². The van der Waals surface area contributed by atoms with Gasteiger partial charge in [-0.3, -0.25) is 4.99 Å². The van der Waals surface area contributed by atoms with Crippen LogP contribution in [0.3, 0.4) is 0 Å². The van der Waals surface area contributed by atoms with Gasteiger partial charge >= 0.3 is 0 Å². The summed E-state index contributed by atoms with van der Waals surface area (Å²) in [6.45, 7) is 0. The third-order valence-corrected chi connectivity index (χ3v) is 2.95. The van der Waals surface area contributed by atoms with Gasteiger partial charge in [0.05, 0.1) is 24.8 Å². The van der Waals surface area contributed by atoms with Gasteiger partial charge < -0.3 is 10.1 Å². The Morgan fingerprint density at radius 1 is 1.60 bits per heavy atom. The van der Waals surface area contributed by atoms with Gasteiger partial charge in [-0.1, -0.05) is 0 Å². The largest absolute Gasteiger partial charge is 0.501 e. The summed E-state index contributed by atoms with van der Waals surface area (Å²) < 4.78 is 5.25. The second kappa shape index (κ2) is 4.71. The lowest BCUT2D eigenvalue weighted by atomic mass is 10.0. The average molecular weight is 227 g/mol. The minimum Gasteiger partial charge on any atom is -0.501 e. The Bertz CT molecular complexity index is 333. The predicted molar refractivity (Wildman–Crippen MR) is 62.1 cm³/mol. The maximum Gasteiger partial charge on any atom is 0.116 e. The van der Waals surface area contributed by atoms with Gasteiger partial charge in [0.1, 0.15) is 5.84 Å². The van der Waals surface area contributed by atoms with Gasteiger partial charge in [0.2, 0.25) is 0 Å². The molecule has 0 saturated carbocycles. The molecule has 0 radical (unpaired) electrons. The van der Waals surface area contributed by atoms with E-state index < -0.39 is 0 Å². The molecule has 1 heterocycles. The van der Waals surface area contributed by atoms with Crippen molar-refractivity contribution >= 4 is 17.4 Å². The fourth-order valence-corrected chi connectivity index (χ4v) is 2.02. The Morgan fingerprint density at radius 3 is 3.20 bits per heavy atom. The predicted octanol–water partition coefficient (Wildman–Crippen LogP) is 2.19. The molecule has 0 fully saturated rings. The van der Waals surface area contributed by atoms with Crippen molar-refractivity contribution in [2.75, 3.05) is 13.0 Å². The number of hydrogen-bond donors (Lipinski definition) is 1. The highest BCUT2D eigenvalue weighted by molar-refractivity contribution is 6.28. The van der Waals surface area contributed by atoms with Crippen LogP contribution in [-0.4, -0.2) is 24.9 Å². The van der Waals surface area contributed by atoms with E-state index in [1.165, 1.54) is 0 Å². The van der Waals surface area contributed by atoms with Crippen LogP contribution in [-0.2, 0) is 4.74 Å². The maximum absolute atomic E-state index is 5.75. The summed E-state index contributed by atoms with van der Waals surface area (Å²) in [6.07, 6.45) is 7.21. The van der Waals surface area contributed by atoms with Crippen LogP contribution in [0.25, 0.3) is 0 Å². The molecule has 2 rings (SSSR count). The van der Waals surface area contributed by atoms with Crippen molar-refractivity contribution in [1.82, 2.24) is 5.32 Å². The van der Waals surface area contributed by atoms with Crippen molar-refractivity contribution in [3.63, 3.8) is 0 Å². The molecule has 1 aliphatic heterocycles. The molecule has 15 heavy (non-hydrogen) atoms. The normalized spacial score (nSPS) is 32.1. The van der Waals surface area contributed by atoms with Gasteiger partial charge in [-0.15, -0.1) is 11.6 Å². The van der Waals surface area contributed by atoms with Crippen LogP contribution in [0.2, 0.25) is 0 Å². The second-order valence-corrected chi connectivity index (χ2v) is 3.97. The lowest BCUT2D eigenvalue weighted by Gasteiger charge is -2.13. The molecule has 0 saturated heterocycles. The average Bonchev–Trinajstić information content (AvgIpc) is 2.61. The van der Waals surface area contributed by atoms with Crippen LogP contribution < -0.4 is 5.32 Å². The van der Waals surface area contributed by atoms with E-state index in [0.717, 1.165) is 36.6 Å². The van der Waals surface area contributed by atoms with Gasteiger partial charge in [-0.05, 0) is 25.0 Å². The Labute approximate surface area is 94.9 Å². The van der Waals surface area contributed by atoms with E-state index in [9.17, 15) is 0 Å². The van der Waals surface area contributed by atoms with Crippen molar-refractivity contribution in [1.29, 1.82) is 0 Å². The summed E-state index contributed by atoms with van der Waals surface area (Å²) in [7, 11) is 1.71. The fraction of sp³-hybridized carbons (Fsp3) is 0.545. The quantitative estimate of drug-likeness (QED) is 0.733. The number of ether oxygens (including phenoxy) is 1. The molecule has 1 N–H and O–H groups in total. The molecule has 4 heteroatoms. The zero-order chi connectivity index (χ0) is 10.7. The highest BCUT2D eigenvalue weighted by Gasteiger charge is 2.22. The number of nitrogens with one attached hydrogen (secondary N) is 1. The second-order valence-electron chi connectivity index (χ2n) is 3.70. The number of methoxy groups -OCH3 is 1. The molecular weight excluding hydrogens is 212 g/mol. The number of nitrogens with zero attached hydrogens (tertiary/aromatic N) is 1. The standard InChI is InChI=1S/C11H15ClN2O/c1-15-8-3-2-4-9-10(6-5-8)14-11(7-12)13-9/h5-6,9H,2-4,7H2,1H3,(H,13,14)/b8-5+,10-6+. The van der Waals surface area contributed by atoms with Crippen LogP contribution in [0.1, 0.15) is 19.3 Å². The Balaban J connectivity index is 2.16. The maximum atomic E-state index is 5.75.